The van der Waals surface area contributed by atoms with Gasteiger partial charge in [-0.25, -0.2) is 9.97 Å². The topological polar surface area (TPSA) is 85.0 Å². The van der Waals surface area contributed by atoms with Crippen molar-refractivity contribution in [3.8, 4) is 11.5 Å². The largest absolute Gasteiger partial charge is 0.420 e. The molecule has 3 rings (SSSR count). The summed E-state index contributed by atoms with van der Waals surface area (Å²) in [4.78, 5) is 20.7. The Hall–Kier alpha value is -2.31. The molecule has 0 N–H and O–H groups in total. The van der Waals surface area contributed by atoms with Gasteiger partial charge in [0.15, 0.2) is 0 Å². The van der Waals surface area contributed by atoms with E-state index in [-0.39, 0.29) is 5.92 Å². The maximum atomic E-state index is 10.9. The number of carbonyl (C=O) groups is 1. The first-order chi connectivity index (χ1) is 9.78. The number of hydrogen-bond donors (Lipinski definition) is 0. The van der Waals surface area contributed by atoms with E-state index in [0.717, 1.165) is 37.1 Å². The molecule has 20 heavy (non-hydrogen) atoms. The number of piperidine rings is 1. The highest BCUT2D eigenvalue weighted by atomic mass is 16.4. The Morgan fingerprint density at radius 3 is 3.15 bits per heavy atom. The fraction of sp³-hybridized carbons (Fsp3) is 0.462. The van der Waals surface area contributed by atoms with Crippen molar-refractivity contribution in [2.45, 2.75) is 25.7 Å². The lowest BCUT2D eigenvalue weighted by molar-refractivity contribution is -0.119. The number of amides is 1. The monoisotopic (exact) mass is 273 g/mol. The second kappa shape index (κ2) is 5.36. The van der Waals surface area contributed by atoms with Crippen molar-refractivity contribution in [3.05, 3.63) is 24.1 Å². The van der Waals surface area contributed by atoms with Crippen LogP contribution in [-0.4, -0.2) is 44.6 Å². The highest BCUT2D eigenvalue weighted by Crippen LogP contribution is 2.28. The van der Waals surface area contributed by atoms with E-state index in [2.05, 4.69) is 20.2 Å². The maximum absolute atomic E-state index is 10.9. The highest BCUT2D eigenvalue weighted by molar-refractivity contribution is 5.53. The lowest BCUT2D eigenvalue weighted by Gasteiger charge is -2.27. The predicted molar refractivity (Wildman–Crippen MR) is 69.7 cm³/mol. The van der Waals surface area contributed by atoms with Gasteiger partial charge in [-0.05, 0) is 19.8 Å². The average Bonchev–Trinajstić information content (AvgIpc) is 2.97. The van der Waals surface area contributed by atoms with Crippen molar-refractivity contribution in [1.82, 2.24) is 25.1 Å². The van der Waals surface area contributed by atoms with Crippen LogP contribution < -0.4 is 0 Å². The number of hydrogen-bond acceptors (Lipinski definition) is 6. The van der Waals surface area contributed by atoms with Crippen LogP contribution in [0.15, 0.2) is 16.9 Å². The molecule has 2 aromatic heterocycles. The summed E-state index contributed by atoms with van der Waals surface area (Å²) < 4.78 is 5.74. The quantitative estimate of drug-likeness (QED) is 0.780. The molecule has 0 saturated carbocycles. The molecule has 3 heterocycles. The van der Waals surface area contributed by atoms with Gasteiger partial charge in [-0.1, -0.05) is 0 Å². The summed E-state index contributed by atoms with van der Waals surface area (Å²) in [5.74, 6) is 1.12. The number of aryl methyl sites for hydroxylation is 1. The Morgan fingerprint density at radius 2 is 2.35 bits per heavy atom. The van der Waals surface area contributed by atoms with Gasteiger partial charge >= 0.3 is 0 Å². The molecule has 0 spiro atoms. The second-order valence-electron chi connectivity index (χ2n) is 4.91. The molecule has 1 fully saturated rings. The van der Waals surface area contributed by atoms with Gasteiger partial charge in [0.1, 0.15) is 6.33 Å². The zero-order chi connectivity index (χ0) is 13.9. The molecule has 7 nitrogen and oxygen atoms in total. The number of carbonyl (C=O) groups excluding carboxylic acids is 1. The zero-order valence-electron chi connectivity index (χ0n) is 11.2. The first-order valence-electron chi connectivity index (χ1n) is 6.57. The van der Waals surface area contributed by atoms with Crippen LogP contribution in [0, 0.1) is 6.92 Å². The number of aromatic nitrogens is 4. The summed E-state index contributed by atoms with van der Waals surface area (Å²) in [5, 5.41) is 8.18. The Morgan fingerprint density at radius 1 is 1.45 bits per heavy atom. The summed E-state index contributed by atoms with van der Waals surface area (Å²) in [6.07, 6.45) is 5.93. The molecule has 0 aliphatic carbocycles. The van der Waals surface area contributed by atoms with Crippen LogP contribution in [0.2, 0.25) is 0 Å². The van der Waals surface area contributed by atoms with Gasteiger partial charge in [0.25, 0.3) is 5.89 Å². The third kappa shape index (κ3) is 2.38. The molecule has 104 valence electrons. The number of likely N-dealkylation sites (tertiary alicyclic amines) is 1. The summed E-state index contributed by atoms with van der Waals surface area (Å²) in [7, 11) is 0. The molecular weight excluding hydrogens is 258 g/mol. The maximum Gasteiger partial charge on any atom is 0.251 e. The van der Waals surface area contributed by atoms with Crippen LogP contribution in [0.4, 0.5) is 0 Å². The summed E-state index contributed by atoms with van der Waals surface area (Å²) in [6.45, 7) is 3.30. The third-order valence-corrected chi connectivity index (χ3v) is 3.53. The van der Waals surface area contributed by atoms with E-state index >= 15 is 0 Å². The normalized spacial score (nSPS) is 19.1. The molecular formula is C13H15N5O2. The van der Waals surface area contributed by atoms with E-state index in [0.29, 0.717) is 18.3 Å². The van der Waals surface area contributed by atoms with Crippen molar-refractivity contribution in [2.75, 3.05) is 13.1 Å². The highest BCUT2D eigenvalue weighted by Gasteiger charge is 2.25. The number of rotatable bonds is 3. The first kappa shape index (κ1) is 12.7. The SMILES string of the molecule is Cc1ncncc1-c1nnc(C2CCCN(C=O)C2)o1. The second-order valence-corrected chi connectivity index (χ2v) is 4.91. The average molecular weight is 273 g/mol. The van der Waals surface area contributed by atoms with Crippen LogP contribution in [0.1, 0.15) is 30.3 Å². The van der Waals surface area contributed by atoms with Crippen molar-refractivity contribution in [3.63, 3.8) is 0 Å². The van der Waals surface area contributed by atoms with E-state index in [1.807, 2.05) is 6.92 Å². The third-order valence-electron chi connectivity index (χ3n) is 3.53. The Balaban J connectivity index is 1.83. The lowest BCUT2D eigenvalue weighted by atomic mass is 9.99. The fourth-order valence-electron chi connectivity index (χ4n) is 2.41. The fourth-order valence-corrected chi connectivity index (χ4v) is 2.41. The summed E-state index contributed by atoms with van der Waals surface area (Å²) in [6, 6.07) is 0. The molecule has 0 bridgehead atoms. The van der Waals surface area contributed by atoms with Crippen molar-refractivity contribution in [2.24, 2.45) is 0 Å². The van der Waals surface area contributed by atoms with Gasteiger partial charge in [0.05, 0.1) is 17.2 Å². The van der Waals surface area contributed by atoms with Crippen molar-refractivity contribution in [1.29, 1.82) is 0 Å². The standard InChI is InChI=1S/C13H15N5O2/c1-9-11(5-14-7-15-9)13-17-16-12(20-13)10-3-2-4-18(6-10)8-19/h5,7-8,10H,2-4,6H2,1H3. The molecule has 1 atom stereocenters. The zero-order valence-corrected chi connectivity index (χ0v) is 11.2. The van der Waals surface area contributed by atoms with E-state index < -0.39 is 0 Å². The van der Waals surface area contributed by atoms with Crippen LogP contribution in [-0.2, 0) is 4.79 Å². The molecule has 0 aromatic carbocycles. The van der Waals surface area contributed by atoms with E-state index in [9.17, 15) is 4.79 Å². The van der Waals surface area contributed by atoms with Crippen LogP contribution >= 0.6 is 0 Å². The van der Waals surface area contributed by atoms with E-state index in [1.165, 1.54) is 6.33 Å². The Kier molecular flexibility index (Phi) is 3.41. The molecule has 0 radical (unpaired) electrons. The Bertz CT molecular complexity index is 612. The predicted octanol–water partition coefficient (Wildman–Crippen LogP) is 1.17. The van der Waals surface area contributed by atoms with E-state index in [4.69, 9.17) is 4.42 Å². The minimum Gasteiger partial charge on any atom is -0.420 e. The minimum absolute atomic E-state index is 0.111. The van der Waals surface area contributed by atoms with E-state index in [1.54, 1.807) is 11.1 Å². The molecule has 7 heteroatoms. The summed E-state index contributed by atoms with van der Waals surface area (Å²) >= 11 is 0. The molecule has 1 unspecified atom stereocenters. The van der Waals surface area contributed by atoms with Gasteiger partial charge in [-0.3, -0.25) is 4.79 Å². The Labute approximate surface area is 116 Å². The van der Waals surface area contributed by atoms with Crippen molar-refractivity contribution >= 4 is 6.41 Å². The molecule has 1 amide bonds. The first-order valence-corrected chi connectivity index (χ1v) is 6.57. The lowest BCUT2D eigenvalue weighted by Crippen LogP contribution is -2.33. The molecule has 1 aliphatic heterocycles. The van der Waals surface area contributed by atoms with Crippen LogP contribution in [0.3, 0.4) is 0 Å². The van der Waals surface area contributed by atoms with Crippen molar-refractivity contribution < 1.29 is 9.21 Å². The van der Waals surface area contributed by atoms with Crippen LogP contribution in [0.5, 0.6) is 0 Å². The van der Waals surface area contributed by atoms with Gasteiger partial charge < -0.3 is 9.32 Å². The molecule has 2 aromatic rings. The van der Waals surface area contributed by atoms with Gasteiger partial charge in [0.2, 0.25) is 12.3 Å². The van der Waals surface area contributed by atoms with Gasteiger partial charge in [-0.2, -0.15) is 0 Å². The molecule has 1 aliphatic rings. The van der Waals surface area contributed by atoms with Gasteiger partial charge in [0, 0.05) is 19.3 Å². The number of nitrogens with zero attached hydrogens (tertiary/aromatic N) is 5. The smallest absolute Gasteiger partial charge is 0.251 e. The minimum atomic E-state index is 0.111. The van der Waals surface area contributed by atoms with Crippen LogP contribution in [0.25, 0.3) is 11.5 Å². The molecule has 1 saturated heterocycles. The summed E-state index contributed by atoms with van der Waals surface area (Å²) in [5.41, 5.74) is 1.54. The van der Waals surface area contributed by atoms with Gasteiger partial charge in [-0.15, -0.1) is 10.2 Å².